The molecule has 0 heterocycles. The van der Waals surface area contributed by atoms with Crippen LogP contribution in [0, 0.1) is 11.8 Å². The maximum absolute atomic E-state index is 5.33. The summed E-state index contributed by atoms with van der Waals surface area (Å²) < 4.78 is 0. The molecule has 0 aliphatic rings. The highest BCUT2D eigenvalue weighted by Gasteiger charge is 1.61. The molecule has 0 aliphatic carbocycles. The van der Waals surface area contributed by atoms with Gasteiger partial charge in [-0.1, -0.05) is 24.8 Å². The van der Waals surface area contributed by atoms with E-state index < -0.39 is 0 Å². The third-order valence-corrected chi connectivity index (χ3v) is 0.747. The van der Waals surface area contributed by atoms with E-state index in [9.17, 15) is 0 Å². The first-order chi connectivity index (χ1) is 3.91. The van der Waals surface area contributed by atoms with Crippen LogP contribution in [0.1, 0.15) is 13.3 Å². The lowest BCUT2D eigenvalue weighted by Crippen LogP contribution is -1.56. The van der Waals surface area contributed by atoms with Crippen molar-refractivity contribution in [3.05, 3.63) is 12.2 Å². The fourth-order valence-corrected chi connectivity index (χ4v) is 0.354. The molecule has 0 fully saturated rings. The van der Waals surface area contributed by atoms with Crippen LogP contribution in [0.15, 0.2) is 12.2 Å². The summed E-state index contributed by atoms with van der Waals surface area (Å²) in [6.45, 7) is 2.02. The van der Waals surface area contributed by atoms with E-state index in [0.717, 1.165) is 6.42 Å². The molecule has 8 heavy (non-hydrogen) atoms. The molecule has 0 aromatic heterocycles. The summed E-state index contributed by atoms with van der Waals surface area (Å²) in [6.07, 6.45) is 4.51. The van der Waals surface area contributed by atoms with Gasteiger partial charge in [-0.05, 0) is 6.08 Å². The van der Waals surface area contributed by atoms with Gasteiger partial charge in [-0.2, -0.15) is 0 Å². The lowest BCUT2D eigenvalue weighted by Gasteiger charge is -1.67. The van der Waals surface area contributed by atoms with Crippen LogP contribution in [0.4, 0.5) is 0 Å². The Morgan fingerprint density at radius 3 is 2.88 bits per heavy atom. The number of alkyl halides is 1. The van der Waals surface area contributed by atoms with Gasteiger partial charge in [0.1, 0.15) is 0 Å². The SMILES string of the molecule is CCC#CC=CCCl. The van der Waals surface area contributed by atoms with E-state index in [-0.39, 0.29) is 0 Å². The lowest BCUT2D eigenvalue weighted by molar-refractivity contribution is 1.28. The van der Waals surface area contributed by atoms with E-state index in [1.807, 2.05) is 13.0 Å². The highest BCUT2D eigenvalue weighted by atomic mass is 35.5. The van der Waals surface area contributed by atoms with Crippen molar-refractivity contribution in [2.24, 2.45) is 0 Å². The van der Waals surface area contributed by atoms with E-state index in [4.69, 9.17) is 11.6 Å². The number of hydrogen-bond donors (Lipinski definition) is 0. The van der Waals surface area contributed by atoms with Crippen molar-refractivity contribution in [2.45, 2.75) is 13.3 Å². The van der Waals surface area contributed by atoms with Crippen LogP contribution in [0.5, 0.6) is 0 Å². The molecule has 0 aromatic rings. The molecule has 0 saturated carbocycles. The predicted octanol–water partition coefficient (Wildman–Crippen LogP) is 2.19. The van der Waals surface area contributed by atoms with Crippen molar-refractivity contribution < 1.29 is 0 Å². The van der Waals surface area contributed by atoms with Crippen LogP contribution >= 0.6 is 11.6 Å². The second-order valence-electron chi connectivity index (χ2n) is 1.23. The van der Waals surface area contributed by atoms with Crippen LogP contribution in [0.3, 0.4) is 0 Å². The van der Waals surface area contributed by atoms with Crippen LogP contribution in [-0.2, 0) is 0 Å². The molecule has 0 unspecified atom stereocenters. The zero-order chi connectivity index (χ0) is 6.24. The third kappa shape index (κ3) is 5.59. The largest absolute Gasteiger partial charge is 0.122 e. The highest BCUT2D eigenvalue weighted by Crippen LogP contribution is 1.76. The van der Waals surface area contributed by atoms with Crippen LogP contribution in [0.25, 0.3) is 0 Å². The fraction of sp³-hybridized carbons (Fsp3) is 0.429. The van der Waals surface area contributed by atoms with Crippen molar-refractivity contribution in [1.82, 2.24) is 0 Å². The number of allylic oxidation sites excluding steroid dienone is 2. The summed E-state index contributed by atoms with van der Waals surface area (Å²) in [4.78, 5) is 0. The standard InChI is InChI=1S/C7H9Cl/c1-2-3-4-5-6-7-8/h5-6H,2,7H2,1H3. The number of hydrogen-bond acceptors (Lipinski definition) is 0. The summed E-state index contributed by atoms with van der Waals surface area (Å²) in [5.74, 6) is 6.26. The zero-order valence-electron chi connectivity index (χ0n) is 4.95. The van der Waals surface area contributed by atoms with Crippen molar-refractivity contribution >= 4 is 11.6 Å². The normalized spacial score (nSPS) is 8.75. The Kier molecular flexibility index (Phi) is 6.25. The summed E-state index contributed by atoms with van der Waals surface area (Å²) in [7, 11) is 0. The predicted molar refractivity (Wildman–Crippen MR) is 37.9 cm³/mol. The first-order valence-corrected chi connectivity index (χ1v) is 3.14. The second kappa shape index (κ2) is 6.59. The Bertz CT molecular complexity index is 114. The minimum Gasteiger partial charge on any atom is -0.122 e. The molecule has 0 amide bonds. The van der Waals surface area contributed by atoms with Gasteiger partial charge >= 0.3 is 0 Å². The maximum Gasteiger partial charge on any atom is 0.0413 e. The number of halogens is 1. The Hall–Kier alpha value is -0.410. The summed E-state index contributed by atoms with van der Waals surface area (Å²) in [5, 5.41) is 0. The third-order valence-electron chi connectivity index (χ3n) is 0.569. The van der Waals surface area contributed by atoms with Crippen molar-refractivity contribution in [3.63, 3.8) is 0 Å². The van der Waals surface area contributed by atoms with E-state index in [0.29, 0.717) is 5.88 Å². The van der Waals surface area contributed by atoms with Gasteiger partial charge in [-0.3, -0.25) is 0 Å². The second-order valence-corrected chi connectivity index (χ2v) is 1.54. The maximum atomic E-state index is 5.33. The average molecular weight is 129 g/mol. The summed E-state index contributed by atoms with van der Waals surface area (Å²) in [5.41, 5.74) is 0. The summed E-state index contributed by atoms with van der Waals surface area (Å²) >= 11 is 5.33. The molecule has 0 bridgehead atoms. The Labute approximate surface area is 55.5 Å². The van der Waals surface area contributed by atoms with Crippen LogP contribution in [-0.4, -0.2) is 5.88 Å². The van der Waals surface area contributed by atoms with Gasteiger partial charge in [0.15, 0.2) is 0 Å². The smallest absolute Gasteiger partial charge is 0.0413 e. The monoisotopic (exact) mass is 128 g/mol. The lowest BCUT2D eigenvalue weighted by atomic mass is 10.4. The quantitative estimate of drug-likeness (QED) is 0.375. The molecule has 0 saturated heterocycles. The van der Waals surface area contributed by atoms with Gasteiger partial charge in [0.25, 0.3) is 0 Å². The molecule has 0 aliphatic heterocycles. The highest BCUT2D eigenvalue weighted by molar-refractivity contribution is 6.18. The van der Waals surface area contributed by atoms with Crippen molar-refractivity contribution in [1.29, 1.82) is 0 Å². The minimum absolute atomic E-state index is 0.554. The van der Waals surface area contributed by atoms with E-state index in [2.05, 4.69) is 11.8 Å². The molecule has 0 atom stereocenters. The van der Waals surface area contributed by atoms with Crippen molar-refractivity contribution in [3.8, 4) is 11.8 Å². The Morgan fingerprint density at radius 2 is 2.38 bits per heavy atom. The Morgan fingerprint density at radius 1 is 1.62 bits per heavy atom. The van der Waals surface area contributed by atoms with E-state index in [1.54, 1.807) is 6.08 Å². The topological polar surface area (TPSA) is 0 Å². The van der Waals surface area contributed by atoms with E-state index in [1.165, 1.54) is 0 Å². The molecule has 0 nitrogen and oxygen atoms in total. The van der Waals surface area contributed by atoms with Crippen LogP contribution < -0.4 is 0 Å². The fourth-order valence-electron chi connectivity index (χ4n) is 0.264. The van der Waals surface area contributed by atoms with Gasteiger partial charge in [-0.25, -0.2) is 0 Å². The molecule has 0 spiro atoms. The Balaban J connectivity index is 3.26. The first kappa shape index (κ1) is 7.59. The van der Waals surface area contributed by atoms with Gasteiger partial charge in [-0.15, -0.1) is 11.6 Å². The zero-order valence-corrected chi connectivity index (χ0v) is 5.70. The van der Waals surface area contributed by atoms with Gasteiger partial charge in [0.05, 0.1) is 0 Å². The van der Waals surface area contributed by atoms with Gasteiger partial charge < -0.3 is 0 Å². The van der Waals surface area contributed by atoms with E-state index >= 15 is 0 Å². The van der Waals surface area contributed by atoms with Gasteiger partial charge in [0, 0.05) is 12.3 Å². The minimum atomic E-state index is 0.554. The molecular weight excluding hydrogens is 120 g/mol. The number of rotatable bonds is 1. The molecule has 0 rings (SSSR count). The summed E-state index contributed by atoms with van der Waals surface area (Å²) in [6, 6.07) is 0. The molecular formula is C7H9Cl. The molecule has 0 N–H and O–H groups in total. The van der Waals surface area contributed by atoms with Crippen molar-refractivity contribution in [2.75, 3.05) is 5.88 Å². The molecule has 44 valence electrons. The first-order valence-electron chi connectivity index (χ1n) is 2.61. The average Bonchev–Trinajstić information content (AvgIpc) is 1.81. The molecule has 1 heteroatoms. The molecule has 0 radical (unpaired) electrons. The van der Waals surface area contributed by atoms with Crippen LogP contribution in [0.2, 0.25) is 0 Å². The molecule has 0 aromatic carbocycles. The van der Waals surface area contributed by atoms with Gasteiger partial charge in [0.2, 0.25) is 0 Å².